The quantitative estimate of drug-likeness (QED) is 0.562. The summed E-state index contributed by atoms with van der Waals surface area (Å²) in [5, 5.41) is 9.64. The van der Waals surface area contributed by atoms with E-state index in [-0.39, 0.29) is 17.9 Å². The normalized spacial score (nSPS) is 10.6. The molecule has 3 N–H and O–H groups in total. The fourth-order valence-corrected chi connectivity index (χ4v) is 2.89. The molecule has 25 heavy (non-hydrogen) atoms. The van der Waals surface area contributed by atoms with Crippen LogP contribution in [0.4, 0.5) is 0 Å². The summed E-state index contributed by atoms with van der Waals surface area (Å²) in [5.74, 6) is 0.231. The van der Waals surface area contributed by atoms with Gasteiger partial charge in [-0.3, -0.25) is 24.6 Å². The average molecular weight is 358 g/mol. The summed E-state index contributed by atoms with van der Waals surface area (Å²) in [6, 6.07) is 2.85. The summed E-state index contributed by atoms with van der Waals surface area (Å²) in [4.78, 5) is 47.3. The molecular formula is C15H14N6O3S. The lowest BCUT2D eigenvalue weighted by atomic mass is 10.2. The van der Waals surface area contributed by atoms with E-state index < -0.39 is 11.1 Å². The second-order valence-electron chi connectivity index (χ2n) is 5.11. The summed E-state index contributed by atoms with van der Waals surface area (Å²) in [6.07, 6.45) is 3.69. The molecule has 0 bridgehead atoms. The zero-order chi connectivity index (χ0) is 17.6. The van der Waals surface area contributed by atoms with Crippen molar-refractivity contribution in [2.45, 2.75) is 12.8 Å². The van der Waals surface area contributed by atoms with E-state index in [1.165, 1.54) is 11.3 Å². The van der Waals surface area contributed by atoms with E-state index >= 15 is 0 Å². The molecule has 1 amide bonds. The van der Waals surface area contributed by atoms with Crippen LogP contribution in [0.1, 0.15) is 11.3 Å². The molecule has 0 fully saturated rings. The molecule has 0 aliphatic carbocycles. The maximum absolute atomic E-state index is 11.9. The third-order valence-electron chi connectivity index (χ3n) is 3.26. The molecule has 0 aliphatic rings. The summed E-state index contributed by atoms with van der Waals surface area (Å²) < 4.78 is 0. The molecule has 0 saturated heterocycles. The van der Waals surface area contributed by atoms with Gasteiger partial charge in [0, 0.05) is 42.4 Å². The van der Waals surface area contributed by atoms with Gasteiger partial charge in [-0.15, -0.1) is 11.3 Å². The number of hydrogen-bond donors (Lipinski definition) is 3. The Morgan fingerprint density at radius 2 is 2.00 bits per heavy atom. The number of nitrogens with zero attached hydrogens (tertiary/aromatic N) is 3. The summed E-state index contributed by atoms with van der Waals surface area (Å²) in [6.45, 7) is 0.374. The standard InChI is InChI=1S/C15H14N6O3S/c22-11(6-9-7-12(23)20-21-14(9)24)16-5-2-10-8-25-15(19-10)13-17-3-1-4-18-13/h1,3-4,7-8H,2,5-6H2,(H,16,22)(H,20,23)(H,21,24). The smallest absolute Gasteiger partial charge is 0.266 e. The van der Waals surface area contributed by atoms with Crippen molar-refractivity contribution in [1.82, 2.24) is 30.5 Å². The van der Waals surface area contributed by atoms with Gasteiger partial charge in [0.2, 0.25) is 5.91 Å². The van der Waals surface area contributed by atoms with Crippen LogP contribution in [0.25, 0.3) is 10.8 Å². The predicted octanol–water partition coefficient (Wildman–Crippen LogP) is -0.122. The lowest BCUT2D eigenvalue weighted by Crippen LogP contribution is -2.31. The van der Waals surface area contributed by atoms with Crippen LogP contribution >= 0.6 is 11.3 Å². The maximum Gasteiger partial charge on any atom is 0.266 e. The van der Waals surface area contributed by atoms with E-state index in [1.807, 2.05) is 5.38 Å². The summed E-state index contributed by atoms with van der Waals surface area (Å²) in [7, 11) is 0. The van der Waals surface area contributed by atoms with E-state index in [2.05, 4.69) is 30.5 Å². The fourth-order valence-electron chi connectivity index (χ4n) is 2.09. The molecule has 3 heterocycles. The van der Waals surface area contributed by atoms with Gasteiger partial charge in [0.1, 0.15) is 0 Å². The van der Waals surface area contributed by atoms with Crippen LogP contribution in [0.15, 0.2) is 39.5 Å². The highest BCUT2D eigenvalue weighted by Crippen LogP contribution is 2.19. The van der Waals surface area contributed by atoms with Crippen LogP contribution in [0, 0.1) is 0 Å². The molecule has 0 atom stereocenters. The number of carbonyl (C=O) groups is 1. The number of rotatable bonds is 6. The van der Waals surface area contributed by atoms with Gasteiger partial charge < -0.3 is 5.32 Å². The first kappa shape index (κ1) is 16.7. The number of thiazole rings is 1. The molecule has 3 aromatic heterocycles. The fraction of sp³-hybridized carbons (Fsp3) is 0.200. The van der Waals surface area contributed by atoms with Gasteiger partial charge in [-0.1, -0.05) is 0 Å². The first-order valence-corrected chi connectivity index (χ1v) is 8.29. The van der Waals surface area contributed by atoms with Crippen molar-refractivity contribution >= 4 is 17.2 Å². The molecule has 0 aliphatic heterocycles. The minimum Gasteiger partial charge on any atom is -0.355 e. The van der Waals surface area contributed by atoms with Crippen LogP contribution < -0.4 is 16.4 Å². The van der Waals surface area contributed by atoms with E-state index in [9.17, 15) is 14.4 Å². The van der Waals surface area contributed by atoms with Crippen molar-refractivity contribution < 1.29 is 4.79 Å². The van der Waals surface area contributed by atoms with Gasteiger partial charge in [0.05, 0.1) is 12.1 Å². The number of aromatic nitrogens is 5. The average Bonchev–Trinajstić information content (AvgIpc) is 3.08. The van der Waals surface area contributed by atoms with Crippen molar-refractivity contribution in [1.29, 1.82) is 0 Å². The second kappa shape index (κ2) is 7.62. The minimum atomic E-state index is -0.484. The van der Waals surface area contributed by atoms with Gasteiger partial charge >= 0.3 is 0 Å². The molecule has 3 rings (SSSR count). The Hall–Kier alpha value is -3.14. The van der Waals surface area contributed by atoms with Crippen LogP contribution in [-0.4, -0.2) is 37.6 Å². The Morgan fingerprint density at radius 1 is 1.20 bits per heavy atom. The molecule has 10 heteroatoms. The maximum atomic E-state index is 11.9. The SMILES string of the molecule is O=C(Cc1cc(=O)[nH][nH]c1=O)NCCc1csc(-c2ncccn2)n1. The van der Waals surface area contributed by atoms with Gasteiger partial charge in [-0.05, 0) is 6.07 Å². The van der Waals surface area contributed by atoms with Crippen LogP contribution in [0.3, 0.4) is 0 Å². The van der Waals surface area contributed by atoms with Crippen molar-refractivity contribution in [3.63, 3.8) is 0 Å². The van der Waals surface area contributed by atoms with Gasteiger partial charge in [-0.25, -0.2) is 15.0 Å². The Labute approximate surface area is 145 Å². The largest absolute Gasteiger partial charge is 0.355 e. The first-order chi connectivity index (χ1) is 12.1. The van der Waals surface area contributed by atoms with Crippen molar-refractivity contribution in [3.8, 4) is 10.8 Å². The molecule has 0 saturated carbocycles. The lowest BCUT2D eigenvalue weighted by molar-refractivity contribution is -0.120. The van der Waals surface area contributed by atoms with Crippen LogP contribution in [-0.2, 0) is 17.6 Å². The topological polar surface area (TPSA) is 133 Å². The summed E-state index contributed by atoms with van der Waals surface area (Å²) >= 11 is 1.44. The van der Waals surface area contributed by atoms with Crippen LogP contribution in [0.5, 0.6) is 0 Å². The van der Waals surface area contributed by atoms with E-state index in [1.54, 1.807) is 18.5 Å². The minimum absolute atomic E-state index is 0.124. The summed E-state index contributed by atoms with van der Waals surface area (Å²) in [5.41, 5.74) is 0.00228. The first-order valence-electron chi connectivity index (χ1n) is 7.41. The predicted molar refractivity (Wildman–Crippen MR) is 91.2 cm³/mol. The molecule has 128 valence electrons. The van der Waals surface area contributed by atoms with Gasteiger partial charge in [0.25, 0.3) is 11.1 Å². The molecular weight excluding hydrogens is 344 g/mol. The van der Waals surface area contributed by atoms with Gasteiger partial charge in [0.15, 0.2) is 10.8 Å². The molecule has 0 aromatic carbocycles. The zero-order valence-electron chi connectivity index (χ0n) is 13.0. The Kier molecular flexibility index (Phi) is 5.09. The second-order valence-corrected chi connectivity index (χ2v) is 5.96. The third-order valence-corrected chi connectivity index (χ3v) is 4.15. The number of hydrogen-bond acceptors (Lipinski definition) is 7. The van der Waals surface area contributed by atoms with E-state index in [0.717, 1.165) is 16.8 Å². The molecule has 0 unspecified atom stereocenters. The number of nitrogens with one attached hydrogen (secondary N) is 3. The Balaban J connectivity index is 1.52. The van der Waals surface area contributed by atoms with Crippen molar-refractivity contribution in [3.05, 3.63) is 61.9 Å². The molecule has 9 nitrogen and oxygen atoms in total. The van der Waals surface area contributed by atoms with E-state index in [0.29, 0.717) is 18.8 Å². The lowest BCUT2D eigenvalue weighted by Gasteiger charge is -2.03. The van der Waals surface area contributed by atoms with E-state index in [4.69, 9.17) is 0 Å². The Morgan fingerprint density at radius 3 is 2.80 bits per heavy atom. The number of amides is 1. The van der Waals surface area contributed by atoms with Crippen LogP contribution in [0.2, 0.25) is 0 Å². The highest BCUT2D eigenvalue weighted by atomic mass is 32.1. The van der Waals surface area contributed by atoms with Crippen molar-refractivity contribution in [2.24, 2.45) is 0 Å². The Bertz CT molecular complexity index is 978. The monoisotopic (exact) mass is 358 g/mol. The zero-order valence-corrected chi connectivity index (χ0v) is 13.8. The molecule has 3 aromatic rings. The van der Waals surface area contributed by atoms with Gasteiger partial charge in [-0.2, -0.15) is 0 Å². The highest BCUT2D eigenvalue weighted by molar-refractivity contribution is 7.13. The van der Waals surface area contributed by atoms with Crippen molar-refractivity contribution in [2.75, 3.05) is 6.54 Å². The molecule has 0 spiro atoms. The highest BCUT2D eigenvalue weighted by Gasteiger charge is 2.09. The number of carbonyl (C=O) groups excluding carboxylic acids is 1. The molecule has 0 radical (unpaired) electrons. The number of aromatic amines is 2. The number of H-pyrrole nitrogens is 2. The third kappa shape index (κ3) is 4.44.